The number of likely N-dealkylation sites (tertiary alicyclic amines) is 1. The number of piperidine rings is 1. The lowest BCUT2D eigenvalue weighted by molar-refractivity contribution is 0.0420. The zero-order chi connectivity index (χ0) is 8.43. The Morgan fingerprint density at radius 2 is 2.18 bits per heavy atom. The van der Waals surface area contributed by atoms with Crippen LogP contribution in [0.15, 0.2) is 0 Å². The van der Waals surface area contributed by atoms with E-state index in [1.165, 1.54) is 4.90 Å². The number of hydrogen-bond donors (Lipinski definition) is 2. The van der Waals surface area contributed by atoms with Crippen molar-refractivity contribution in [2.75, 3.05) is 6.54 Å². The summed E-state index contributed by atoms with van der Waals surface area (Å²) in [5.74, 6) is 0. The smallest absolute Gasteiger partial charge is 0.407 e. The minimum Gasteiger partial charge on any atom is -0.465 e. The molecule has 2 atom stereocenters. The number of β-amino-alcohol motifs (C(OH)–C–C–N with tert-alkyl or cyclic N) is 1. The topological polar surface area (TPSA) is 60.8 Å². The molecule has 1 amide bonds. The molecule has 0 aromatic rings. The van der Waals surface area contributed by atoms with Gasteiger partial charge < -0.3 is 15.1 Å². The van der Waals surface area contributed by atoms with E-state index in [4.69, 9.17) is 10.2 Å². The van der Waals surface area contributed by atoms with Crippen molar-refractivity contribution in [1.29, 1.82) is 0 Å². The maximum Gasteiger partial charge on any atom is 0.407 e. The molecule has 1 aliphatic rings. The summed E-state index contributed by atoms with van der Waals surface area (Å²) < 4.78 is 0. The fraction of sp³-hybridized carbons (Fsp3) is 0.857. The summed E-state index contributed by atoms with van der Waals surface area (Å²) in [4.78, 5) is 11.8. The Morgan fingerprint density at radius 1 is 1.55 bits per heavy atom. The number of hydrogen-bond acceptors (Lipinski definition) is 2. The van der Waals surface area contributed by atoms with E-state index in [1.807, 2.05) is 6.92 Å². The monoisotopic (exact) mass is 159 g/mol. The molecule has 0 saturated carbocycles. The SMILES string of the molecule is C[C@@H]1CC[C@@H](O)CN1C(=O)O. The van der Waals surface area contributed by atoms with Crippen LogP contribution in [0.5, 0.6) is 0 Å². The fourth-order valence-corrected chi connectivity index (χ4v) is 1.35. The Labute approximate surface area is 65.4 Å². The zero-order valence-corrected chi connectivity index (χ0v) is 6.53. The molecule has 0 aromatic heterocycles. The van der Waals surface area contributed by atoms with Crippen LogP contribution < -0.4 is 0 Å². The standard InChI is InChI=1S/C7H13NO3/c1-5-2-3-6(9)4-8(5)7(10)11/h5-6,9H,2-4H2,1H3,(H,10,11)/t5-,6-/m1/s1. The highest BCUT2D eigenvalue weighted by atomic mass is 16.4. The molecule has 11 heavy (non-hydrogen) atoms. The van der Waals surface area contributed by atoms with Crippen molar-refractivity contribution in [3.05, 3.63) is 0 Å². The van der Waals surface area contributed by atoms with Crippen molar-refractivity contribution in [2.24, 2.45) is 0 Å². The van der Waals surface area contributed by atoms with Gasteiger partial charge in [0.15, 0.2) is 0 Å². The normalized spacial score (nSPS) is 32.0. The van der Waals surface area contributed by atoms with Gasteiger partial charge in [-0.05, 0) is 19.8 Å². The largest absolute Gasteiger partial charge is 0.465 e. The molecule has 0 unspecified atom stereocenters. The lowest BCUT2D eigenvalue weighted by atomic mass is 10.0. The van der Waals surface area contributed by atoms with Crippen molar-refractivity contribution >= 4 is 6.09 Å². The van der Waals surface area contributed by atoms with Crippen molar-refractivity contribution in [3.8, 4) is 0 Å². The second-order valence-corrected chi connectivity index (χ2v) is 3.02. The van der Waals surface area contributed by atoms with Crippen LogP contribution in [0.2, 0.25) is 0 Å². The highest BCUT2D eigenvalue weighted by Gasteiger charge is 2.27. The van der Waals surface area contributed by atoms with E-state index in [2.05, 4.69) is 0 Å². The molecule has 2 N–H and O–H groups in total. The van der Waals surface area contributed by atoms with E-state index in [-0.39, 0.29) is 12.6 Å². The van der Waals surface area contributed by atoms with Crippen molar-refractivity contribution in [2.45, 2.75) is 31.9 Å². The van der Waals surface area contributed by atoms with Gasteiger partial charge in [0.1, 0.15) is 0 Å². The number of nitrogens with zero attached hydrogens (tertiary/aromatic N) is 1. The van der Waals surface area contributed by atoms with Gasteiger partial charge in [-0.3, -0.25) is 0 Å². The maximum absolute atomic E-state index is 10.5. The number of aliphatic hydroxyl groups excluding tert-OH is 1. The number of carbonyl (C=O) groups is 1. The first-order valence-corrected chi connectivity index (χ1v) is 3.79. The van der Waals surface area contributed by atoms with Crippen molar-refractivity contribution < 1.29 is 15.0 Å². The summed E-state index contributed by atoms with van der Waals surface area (Å²) in [7, 11) is 0. The molecule has 1 rings (SSSR count). The summed E-state index contributed by atoms with van der Waals surface area (Å²) in [6.07, 6.45) is 0.0665. The molecule has 0 aliphatic carbocycles. The Kier molecular flexibility index (Phi) is 2.34. The number of aliphatic hydroxyl groups is 1. The van der Waals surface area contributed by atoms with Crippen LogP contribution in [-0.2, 0) is 0 Å². The van der Waals surface area contributed by atoms with Crippen LogP contribution in [0, 0.1) is 0 Å². The Morgan fingerprint density at radius 3 is 2.64 bits per heavy atom. The molecule has 64 valence electrons. The maximum atomic E-state index is 10.5. The minimum atomic E-state index is -0.934. The van der Waals surface area contributed by atoms with Gasteiger partial charge in [-0.1, -0.05) is 0 Å². The number of amides is 1. The molecule has 0 aromatic carbocycles. The quantitative estimate of drug-likeness (QED) is 0.541. The summed E-state index contributed by atoms with van der Waals surface area (Å²) in [5, 5.41) is 17.8. The molecule has 1 heterocycles. The van der Waals surface area contributed by atoms with Crippen LogP contribution in [0.25, 0.3) is 0 Å². The first kappa shape index (κ1) is 8.33. The molecule has 0 radical (unpaired) electrons. The highest BCUT2D eigenvalue weighted by Crippen LogP contribution is 2.16. The van der Waals surface area contributed by atoms with Crippen LogP contribution in [-0.4, -0.2) is 39.9 Å². The average molecular weight is 159 g/mol. The second-order valence-electron chi connectivity index (χ2n) is 3.02. The van der Waals surface area contributed by atoms with Gasteiger partial charge >= 0.3 is 6.09 Å². The minimum absolute atomic E-state index is 0.0518. The fourth-order valence-electron chi connectivity index (χ4n) is 1.35. The predicted octanol–water partition coefficient (Wildman–Crippen LogP) is 0.510. The van der Waals surface area contributed by atoms with Gasteiger partial charge in [-0.15, -0.1) is 0 Å². The molecule has 0 bridgehead atoms. The lowest BCUT2D eigenvalue weighted by Crippen LogP contribution is -2.46. The zero-order valence-electron chi connectivity index (χ0n) is 6.53. The van der Waals surface area contributed by atoms with E-state index < -0.39 is 12.2 Å². The third-order valence-electron chi connectivity index (χ3n) is 2.10. The highest BCUT2D eigenvalue weighted by molar-refractivity contribution is 5.65. The Balaban J connectivity index is 2.54. The van der Waals surface area contributed by atoms with E-state index in [0.717, 1.165) is 6.42 Å². The Bertz CT molecular complexity index is 160. The van der Waals surface area contributed by atoms with Crippen LogP contribution >= 0.6 is 0 Å². The van der Waals surface area contributed by atoms with E-state index in [9.17, 15) is 4.79 Å². The molecule has 4 heteroatoms. The lowest BCUT2D eigenvalue weighted by Gasteiger charge is -2.33. The number of rotatable bonds is 0. The van der Waals surface area contributed by atoms with Crippen LogP contribution in [0.4, 0.5) is 4.79 Å². The summed E-state index contributed by atoms with van der Waals surface area (Å²) in [6, 6.07) is 0.0518. The molecule has 1 fully saturated rings. The van der Waals surface area contributed by atoms with Gasteiger partial charge in [0, 0.05) is 6.04 Å². The summed E-state index contributed by atoms with van der Waals surface area (Å²) in [6.45, 7) is 2.12. The van der Waals surface area contributed by atoms with E-state index in [0.29, 0.717) is 6.42 Å². The first-order chi connectivity index (χ1) is 5.11. The molecule has 4 nitrogen and oxygen atoms in total. The van der Waals surface area contributed by atoms with Crippen molar-refractivity contribution in [1.82, 2.24) is 4.90 Å². The van der Waals surface area contributed by atoms with Crippen molar-refractivity contribution in [3.63, 3.8) is 0 Å². The van der Waals surface area contributed by atoms with Crippen LogP contribution in [0.3, 0.4) is 0 Å². The molecule has 1 saturated heterocycles. The molecule has 1 aliphatic heterocycles. The van der Waals surface area contributed by atoms with Gasteiger partial charge in [-0.2, -0.15) is 0 Å². The average Bonchev–Trinajstić information content (AvgIpc) is 1.94. The van der Waals surface area contributed by atoms with Gasteiger partial charge in [0.25, 0.3) is 0 Å². The predicted molar refractivity (Wildman–Crippen MR) is 39.4 cm³/mol. The number of carboxylic acid groups (broad SMARTS) is 1. The van der Waals surface area contributed by atoms with Crippen LogP contribution in [0.1, 0.15) is 19.8 Å². The van der Waals surface area contributed by atoms with Gasteiger partial charge in [-0.25, -0.2) is 4.79 Å². The Hall–Kier alpha value is -0.770. The van der Waals surface area contributed by atoms with E-state index >= 15 is 0 Å². The second kappa shape index (κ2) is 3.09. The summed E-state index contributed by atoms with van der Waals surface area (Å²) in [5.41, 5.74) is 0. The van der Waals surface area contributed by atoms with E-state index in [1.54, 1.807) is 0 Å². The molecular formula is C7H13NO3. The third-order valence-corrected chi connectivity index (χ3v) is 2.10. The van der Waals surface area contributed by atoms with Gasteiger partial charge in [0.2, 0.25) is 0 Å². The molecular weight excluding hydrogens is 146 g/mol. The third kappa shape index (κ3) is 1.83. The first-order valence-electron chi connectivity index (χ1n) is 3.79. The molecule has 0 spiro atoms. The summed E-state index contributed by atoms with van der Waals surface area (Å²) >= 11 is 0. The van der Waals surface area contributed by atoms with Gasteiger partial charge in [0.05, 0.1) is 12.6 Å².